The molecule has 0 amide bonds. The largest absolute Gasteiger partial charge is 0.481 e. The topological polar surface area (TPSA) is 90.7 Å². The quantitative estimate of drug-likeness (QED) is 0.209. The maximum atomic E-state index is 14.0. The van der Waals surface area contributed by atoms with Gasteiger partial charge in [-0.05, 0) is 29.2 Å². The first-order valence-electron chi connectivity index (χ1n) is 13.0. The molecular weight excluding hydrogens is 493 g/mol. The minimum atomic E-state index is -1.18. The lowest BCUT2D eigenvalue weighted by Gasteiger charge is -2.23. The summed E-state index contributed by atoms with van der Waals surface area (Å²) in [6.45, 7) is 4.08. The maximum absolute atomic E-state index is 14.0. The summed E-state index contributed by atoms with van der Waals surface area (Å²) < 4.78 is 14.0. The minimum absolute atomic E-state index is 0.00544. The molecule has 4 aromatic rings. The molecule has 5 nitrogen and oxygen atoms in total. The average molecular weight is 526 g/mol. The zero-order valence-corrected chi connectivity index (χ0v) is 22.0. The number of aliphatic carboxylic acids is 1. The second-order valence-corrected chi connectivity index (χ2v) is 9.82. The Balaban J connectivity index is 2.01. The van der Waals surface area contributed by atoms with E-state index < -0.39 is 24.6 Å². The van der Waals surface area contributed by atoms with Crippen LogP contribution in [0.1, 0.15) is 43.9 Å². The number of aliphatic hydroxyl groups is 2. The van der Waals surface area contributed by atoms with Crippen molar-refractivity contribution in [2.75, 3.05) is 0 Å². The lowest BCUT2D eigenvalue weighted by atomic mass is 9.84. The van der Waals surface area contributed by atoms with Gasteiger partial charge in [-0.25, -0.2) is 4.39 Å². The zero-order chi connectivity index (χ0) is 27.9. The molecule has 200 valence electrons. The summed E-state index contributed by atoms with van der Waals surface area (Å²) in [4.78, 5) is 16.1. The number of hydrogen-bond acceptors (Lipinski definition) is 4. The second kappa shape index (κ2) is 12.6. The van der Waals surface area contributed by atoms with Crippen LogP contribution in [0.4, 0.5) is 4.39 Å². The van der Waals surface area contributed by atoms with Crippen LogP contribution < -0.4 is 0 Å². The number of benzene rings is 3. The predicted octanol–water partition coefficient (Wildman–Crippen LogP) is 6.94. The van der Waals surface area contributed by atoms with Crippen LogP contribution in [0.15, 0.2) is 91.0 Å². The zero-order valence-electron chi connectivity index (χ0n) is 22.0. The van der Waals surface area contributed by atoms with E-state index in [4.69, 9.17) is 10.1 Å². The van der Waals surface area contributed by atoms with Crippen LogP contribution in [-0.4, -0.2) is 38.5 Å². The summed E-state index contributed by atoms with van der Waals surface area (Å²) in [5, 5.41) is 29.6. The highest BCUT2D eigenvalue weighted by Gasteiger charge is 2.24. The molecule has 1 aromatic heterocycles. The Morgan fingerprint density at radius 2 is 1.41 bits per heavy atom. The molecule has 39 heavy (non-hydrogen) atoms. The molecule has 0 spiro atoms. The number of carboxylic acid groups (broad SMARTS) is 1. The van der Waals surface area contributed by atoms with E-state index in [1.807, 2.05) is 74.5 Å². The van der Waals surface area contributed by atoms with Crippen molar-refractivity contribution in [1.82, 2.24) is 4.98 Å². The van der Waals surface area contributed by atoms with Gasteiger partial charge in [0.15, 0.2) is 0 Å². The first-order chi connectivity index (χ1) is 18.7. The van der Waals surface area contributed by atoms with E-state index in [2.05, 4.69) is 0 Å². The lowest BCUT2D eigenvalue weighted by molar-refractivity contribution is -0.139. The van der Waals surface area contributed by atoms with E-state index in [1.54, 1.807) is 24.3 Å². The SMILES string of the molecule is CC(C)c1nc(-c2ccccc2)c(-c2ccccc2)c(-c2ccc(F)cc2)c1/C=C/[C@@H](O)C[C@@H](O)CC(=O)O. The summed E-state index contributed by atoms with van der Waals surface area (Å²) in [5.74, 6) is -1.47. The van der Waals surface area contributed by atoms with E-state index in [1.165, 1.54) is 12.1 Å². The standard InChI is InChI=1S/C33H32FNO4/c1-21(2)32-28(18-17-26(36)19-27(37)20-29(38)39)30(23-13-15-25(34)16-14-23)31(22-9-5-3-6-10-22)33(35-32)24-11-7-4-8-12-24/h3-18,21,26-27,36-37H,19-20H2,1-2H3,(H,38,39)/b18-17+/t26-,27-/m1/s1. The third-order valence-electron chi connectivity index (χ3n) is 6.46. The fourth-order valence-electron chi connectivity index (χ4n) is 4.68. The van der Waals surface area contributed by atoms with Gasteiger partial charge in [0.1, 0.15) is 5.82 Å². The monoisotopic (exact) mass is 525 g/mol. The van der Waals surface area contributed by atoms with Crippen molar-refractivity contribution in [2.45, 2.75) is 44.8 Å². The highest BCUT2D eigenvalue weighted by atomic mass is 19.1. The number of aliphatic hydroxyl groups excluding tert-OH is 2. The highest BCUT2D eigenvalue weighted by Crippen LogP contribution is 2.44. The molecule has 2 atom stereocenters. The average Bonchev–Trinajstić information content (AvgIpc) is 2.92. The number of carboxylic acids is 1. The van der Waals surface area contributed by atoms with Gasteiger partial charge < -0.3 is 15.3 Å². The maximum Gasteiger partial charge on any atom is 0.305 e. The number of hydrogen-bond donors (Lipinski definition) is 3. The summed E-state index contributed by atoms with van der Waals surface area (Å²) in [6.07, 6.45) is 0.510. The van der Waals surface area contributed by atoms with Crippen LogP contribution in [0, 0.1) is 5.82 Å². The van der Waals surface area contributed by atoms with Crippen molar-refractivity contribution in [1.29, 1.82) is 0 Å². The smallest absolute Gasteiger partial charge is 0.305 e. The molecule has 0 unspecified atom stereocenters. The number of nitrogens with zero attached hydrogens (tertiary/aromatic N) is 1. The van der Waals surface area contributed by atoms with Gasteiger partial charge in [-0.2, -0.15) is 0 Å². The minimum Gasteiger partial charge on any atom is -0.481 e. The Labute approximate surface area is 227 Å². The van der Waals surface area contributed by atoms with Gasteiger partial charge in [0, 0.05) is 28.7 Å². The van der Waals surface area contributed by atoms with E-state index in [9.17, 15) is 19.4 Å². The van der Waals surface area contributed by atoms with Crippen molar-refractivity contribution in [3.63, 3.8) is 0 Å². The first kappa shape index (κ1) is 27.9. The molecule has 6 heteroatoms. The van der Waals surface area contributed by atoms with Crippen molar-refractivity contribution in [3.8, 4) is 33.5 Å². The van der Waals surface area contributed by atoms with E-state index >= 15 is 0 Å². The molecule has 0 bridgehead atoms. The summed E-state index contributed by atoms with van der Waals surface area (Å²) in [6, 6.07) is 26.1. The predicted molar refractivity (Wildman–Crippen MR) is 153 cm³/mol. The van der Waals surface area contributed by atoms with Crippen LogP contribution >= 0.6 is 0 Å². The van der Waals surface area contributed by atoms with Crippen molar-refractivity contribution < 1.29 is 24.5 Å². The van der Waals surface area contributed by atoms with Gasteiger partial charge in [0.25, 0.3) is 0 Å². The van der Waals surface area contributed by atoms with Gasteiger partial charge in [-0.3, -0.25) is 9.78 Å². The van der Waals surface area contributed by atoms with Crippen molar-refractivity contribution in [3.05, 3.63) is 108 Å². The van der Waals surface area contributed by atoms with Gasteiger partial charge in [0.05, 0.1) is 30.0 Å². The normalized spacial score (nSPS) is 13.1. The molecule has 0 aliphatic carbocycles. The molecule has 0 aliphatic rings. The molecule has 0 aliphatic heterocycles. The number of halogens is 1. The van der Waals surface area contributed by atoms with Gasteiger partial charge in [-0.15, -0.1) is 0 Å². The molecular formula is C33H32FNO4. The summed E-state index contributed by atoms with van der Waals surface area (Å²) in [7, 11) is 0. The van der Waals surface area contributed by atoms with E-state index in [0.29, 0.717) is 0 Å². The molecule has 0 saturated carbocycles. The summed E-state index contributed by atoms with van der Waals surface area (Å²) >= 11 is 0. The number of carbonyl (C=O) groups is 1. The Morgan fingerprint density at radius 3 is 1.97 bits per heavy atom. The number of pyridine rings is 1. The second-order valence-electron chi connectivity index (χ2n) is 9.82. The fourth-order valence-corrected chi connectivity index (χ4v) is 4.68. The van der Waals surface area contributed by atoms with Gasteiger partial charge in [0.2, 0.25) is 0 Å². The number of aromatic nitrogens is 1. The van der Waals surface area contributed by atoms with Gasteiger partial charge >= 0.3 is 5.97 Å². The molecule has 0 saturated heterocycles. The van der Waals surface area contributed by atoms with Crippen LogP contribution in [0.25, 0.3) is 39.6 Å². The van der Waals surface area contributed by atoms with Crippen LogP contribution in [0.5, 0.6) is 0 Å². The Hall–Kier alpha value is -4.13. The highest BCUT2D eigenvalue weighted by molar-refractivity contribution is 5.97. The molecule has 4 rings (SSSR count). The Kier molecular flexibility index (Phi) is 9.02. The fraction of sp³-hybridized carbons (Fsp3) is 0.212. The van der Waals surface area contributed by atoms with Gasteiger partial charge in [-0.1, -0.05) is 98.8 Å². The molecule has 1 heterocycles. The number of rotatable bonds is 10. The van der Waals surface area contributed by atoms with Crippen LogP contribution in [-0.2, 0) is 4.79 Å². The molecule has 0 radical (unpaired) electrons. The molecule has 3 aromatic carbocycles. The van der Waals surface area contributed by atoms with Crippen molar-refractivity contribution in [2.24, 2.45) is 0 Å². The molecule has 0 fully saturated rings. The Morgan fingerprint density at radius 1 is 0.846 bits per heavy atom. The summed E-state index contributed by atoms with van der Waals surface area (Å²) in [5.41, 5.74) is 6.73. The first-order valence-corrected chi connectivity index (χ1v) is 13.0. The van der Waals surface area contributed by atoms with Crippen LogP contribution in [0.3, 0.4) is 0 Å². The van der Waals surface area contributed by atoms with Crippen LogP contribution in [0.2, 0.25) is 0 Å². The Bertz CT molecular complexity index is 1430. The third-order valence-corrected chi connectivity index (χ3v) is 6.46. The molecule has 3 N–H and O–H groups in total. The third kappa shape index (κ3) is 6.85. The van der Waals surface area contributed by atoms with E-state index in [0.717, 1.165) is 44.8 Å². The lowest BCUT2D eigenvalue weighted by Crippen LogP contribution is -2.19. The van der Waals surface area contributed by atoms with E-state index in [-0.39, 0.29) is 18.2 Å². The van der Waals surface area contributed by atoms with Crippen molar-refractivity contribution >= 4 is 12.0 Å².